The molecule has 8 heteroatoms. The quantitative estimate of drug-likeness (QED) is 0.512. The van der Waals surface area contributed by atoms with Crippen molar-refractivity contribution in [1.82, 2.24) is 14.9 Å². The molecule has 4 nitrogen and oxygen atoms in total. The third kappa shape index (κ3) is 3.75. The fraction of sp³-hybridized carbons (Fsp3) is 0.0667. The van der Waals surface area contributed by atoms with Gasteiger partial charge in [0.25, 0.3) is 0 Å². The molecule has 23 heavy (non-hydrogen) atoms. The fourth-order valence-corrected chi connectivity index (χ4v) is 3.27. The molecule has 0 aliphatic rings. The van der Waals surface area contributed by atoms with Crippen LogP contribution in [0.5, 0.6) is 0 Å². The van der Waals surface area contributed by atoms with E-state index in [2.05, 4.69) is 10.2 Å². The van der Waals surface area contributed by atoms with Gasteiger partial charge in [0.05, 0.1) is 5.02 Å². The molecule has 0 saturated heterocycles. The highest BCUT2D eigenvalue weighted by atomic mass is 35.5. The molecule has 2 aromatic carbocycles. The molecular weight excluding hydrogens is 375 g/mol. The maximum Gasteiger partial charge on any atom is 0.210 e. The molecule has 0 bridgehead atoms. The molecule has 2 N–H and O–H groups in total. The molecule has 0 aliphatic heterocycles. The van der Waals surface area contributed by atoms with Crippen LogP contribution in [0.25, 0.3) is 11.4 Å². The van der Waals surface area contributed by atoms with E-state index < -0.39 is 0 Å². The SMILES string of the molecule is Nn1c(SCc2ccc(Cl)cc2)nnc1-c1cc(Cl)ccc1Cl. The first-order chi connectivity index (χ1) is 11.0. The molecule has 3 rings (SSSR count). The highest BCUT2D eigenvalue weighted by Crippen LogP contribution is 2.31. The van der Waals surface area contributed by atoms with E-state index in [9.17, 15) is 0 Å². The van der Waals surface area contributed by atoms with E-state index in [0.717, 1.165) is 5.56 Å². The van der Waals surface area contributed by atoms with Crippen molar-refractivity contribution in [3.63, 3.8) is 0 Å². The maximum absolute atomic E-state index is 6.19. The smallest absolute Gasteiger partial charge is 0.210 e. The van der Waals surface area contributed by atoms with Crippen molar-refractivity contribution in [2.45, 2.75) is 10.9 Å². The van der Waals surface area contributed by atoms with Crippen LogP contribution in [-0.2, 0) is 5.75 Å². The summed E-state index contributed by atoms with van der Waals surface area (Å²) in [4.78, 5) is 0. The Morgan fingerprint density at radius 1 is 0.957 bits per heavy atom. The molecule has 0 amide bonds. The Morgan fingerprint density at radius 3 is 2.39 bits per heavy atom. The van der Waals surface area contributed by atoms with Gasteiger partial charge in [-0.05, 0) is 35.9 Å². The van der Waals surface area contributed by atoms with Crippen LogP contribution >= 0.6 is 46.6 Å². The van der Waals surface area contributed by atoms with Crippen LogP contribution < -0.4 is 5.84 Å². The number of rotatable bonds is 4. The molecule has 0 spiro atoms. The second kappa shape index (κ2) is 7.01. The highest BCUT2D eigenvalue weighted by Gasteiger charge is 2.15. The predicted octanol–water partition coefficient (Wildman–Crippen LogP) is 4.91. The van der Waals surface area contributed by atoms with E-state index in [1.54, 1.807) is 18.2 Å². The van der Waals surface area contributed by atoms with E-state index >= 15 is 0 Å². The highest BCUT2D eigenvalue weighted by molar-refractivity contribution is 7.98. The maximum atomic E-state index is 6.19. The van der Waals surface area contributed by atoms with Gasteiger partial charge < -0.3 is 5.84 Å². The van der Waals surface area contributed by atoms with E-state index in [1.807, 2.05) is 24.3 Å². The Hall–Kier alpha value is -1.40. The zero-order valence-electron chi connectivity index (χ0n) is 11.7. The lowest BCUT2D eigenvalue weighted by Gasteiger charge is -2.06. The normalized spacial score (nSPS) is 10.9. The summed E-state index contributed by atoms with van der Waals surface area (Å²) in [6.07, 6.45) is 0. The molecule has 0 fully saturated rings. The topological polar surface area (TPSA) is 56.7 Å². The van der Waals surface area contributed by atoms with Crippen LogP contribution in [0.1, 0.15) is 5.56 Å². The van der Waals surface area contributed by atoms with E-state index in [-0.39, 0.29) is 0 Å². The second-order valence-corrected chi connectivity index (χ2v) is 6.94. The van der Waals surface area contributed by atoms with Crippen molar-refractivity contribution in [1.29, 1.82) is 0 Å². The van der Waals surface area contributed by atoms with Crippen molar-refractivity contribution in [3.8, 4) is 11.4 Å². The van der Waals surface area contributed by atoms with Gasteiger partial charge in [-0.15, -0.1) is 10.2 Å². The van der Waals surface area contributed by atoms with Crippen LogP contribution in [-0.4, -0.2) is 14.9 Å². The Balaban J connectivity index is 1.82. The average molecular weight is 386 g/mol. The summed E-state index contributed by atoms with van der Waals surface area (Å²) in [7, 11) is 0. The van der Waals surface area contributed by atoms with E-state index in [0.29, 0.717) is 37.4 Å². The molecule has 1 heterocycles. The molecule has 0 unspecified atom stereocenters. The third-order valence-electron chi connectivity index (χ3n) is 3.12. The van der Waals surface area contributed by atoms with Gasteiger partial charge in [0, 0.05) is 21.4 Å². The molecular formula is C15H11Cl3N4S. The van der Waals surface area contributed by atoms with Crippen molar-refractivity contribution >= 4 is 46.6 Å². The van der Waals surface area contributed by atoms with Crippen molar-refractivity contribution in [3.05, 3.63) is 63.1 Å². The van der Waals surface area contributed by atoms with Gasteiger partial charge in [0.15, 0.2) is 5.82 Å². The van der Waals surface area contributed by atoms with Gasteiger partial charge in [-0.3, -0.25) is 0 Å². The first kappa shape index (κ1) is 16.5. The number of aromatic nitrogens is 3. The minimum absolute atomic E-state index is 0.469. The number of hydrogen-bond donors (Lipinski definition) is 1. The van der Waals surface area contributed by atoms with E-state index in [1.165, 1.54) is 16.4 Å². The van der Waals surface area contributed by atoms with Crippen LogP contribution in [0, 0.1) is 0 Å². The Bertz CT molecular complexity index is 833. The molecule has 3 aromatic rings. The predicted molar refractivity (Wildman–Crippen MR) is 96.6 cm³/mol. The summed E-state index contributed by atoms with van der Waals surface area (Å²) in [6, 6.07) is 12.7. The summed E-state index contributed by atoms with van der Waals surface area (Å²) >= 11 is 19.5. The number of halogens is 3. The molecule has 118 valence electrons. The van der Waals surface area contributed by atoms with Crippen LogP contribution in [0.15, 0.2) is 47.6 Å². The van der Waals surface area contributed by atoms with Crippen LogP contribution in [0.2, 0.25) is 15.1 Å². The van der Waals surface area contributed by atoms with E-state index in [4.69, 9.17) is 40.6 Å². The number of nitrogens with two attached hydrogens (primary N) is 1. The monoisotopic (exact) mass is 384 g/mol. The summed E-state index contributed by atoms with van der Waals surface area (Å²) in [5.74, 6) is 7.26. The largest absolute Gasteiger partial charge is 0.335 e. The molecule has 0 saturated carbocycles. The van der Waals surface area contributed by atoms with Gasteiger partial charge in [0.2, 0.25) is 5.16 Å². The van der Waals surface area contributed by atoms with Crippen molar-refractivity contribution in [2.75, 3.05) is 5.84 Å². The number of thioether (sulfide) groups is 1. The molecule has 1 aromatic heterocycles. The molecule has 0 aliphatic carbocycles. The summed E-state index contributed by atoms with van der Waals surface area (Å²) in [6.45, 7) is 0. The lowest BCUT2D eigenvalue weighted by Crippen LogP contribution is -2.11. The Kier molecular flexibility index (Phi) is 5.02. The lowest BCUT2D eigenvalue weighted by atomic mass is 10.2. The fourth-order valence-electron chi connectivity index (χ4n) is 1.96. The van der Waals surface area contributed by atoms with Gasteiger partial charge >= 0.3 is 0 Å². The lowest BCUT2D eigenvalue weighted by molar-refractivity contribution is 0.849. The zero-order chi connectivity index (χ0) is 16.4. The molecule has 0 radical (unpaired) electrons. The van der Waals surface area contributed by atoms with Gasteiger partial charge in [0.1, 0.15) is 0 Å². The standard InChI is InChI=1S/C15H11Cl3N4S/c16-10-3-1-9(2-4-10)8-23-15-21-20-14(22(15)19)12-7-11(17)5-6-13(12)18/h1-7H,8,19H2. The second-order valence-electron chi connectivity index (χ2n) is 4.72. The third-order valence-corrected chi connectivity index (χ3v) is 4.95. The van der Waals surface area contributed by atoms with Gasteiger partial charge in [-0.25, -0.2) is 4.68 Å². The summed E-state index contributed by atoms with van der Waals surface area (Å²) in [5, 5.41) is 10.6. The minimum Gasteiger partial charge on any atom is -0.335 e. The summed E-state index contributed by atoms with van der Waals surface area (Å²) < 4.78 is 1.41. The minimum atomic E-state index is 0.469. The Morgan fingerprint density at radius 2 is 1.65 bits per heavy atom. The summed E-state index contributed by atoms with van der Waals surface area (Å²) in [5.41, 5.74) is 1.76. The van der Waals surface area contributed by atoms with Gasteiger partial charge in [-0.2, -0.15) is 0 Å². The Labute approximate surface area is 152 Å². The number of benzene rings is 2. The van der Waals surface area contributed by atoms with Gasteiger partial charge in [-0.1, -0.05) is 58.7 Å². The van der Waals surface area contributed by atoms with Crippen molar-refractivity contribution < 1.29 is 0 Å². The zero-order valence-corrected chi connectivity index (χ0v) is 14.8. The molecule has 0 atom stereocenters. The number of hydrogen-bond acceptors (Lipinski definition) is 4. The van der Waals surface area contributed by atoms with Crippen molar-refractivity contribution in [2.24, 2.45) is 0 Å². The number of nitrogens with zero attached hydrogens (tertiary/aromatic N) is 3. The first-order valence-electron chi connectivity index (χ1n) is 6.58. The first-order valence-corrected chi connectivity index (χ1v) is 8.69. The van der Waals surface area contributed by atoms with Crippen LogP contribution in [0.4, 0.5) is 0 Å². The van der Waals surface area contributed by atoms with Crippen LogP contribution in [0.3, 0.4) is 0 Å². The average Bonchev–Trinajstić information content (AvgIpc) is 2.90. The number of nitrogen functional groups attached to an aromatic ring is 1.